The van der Waals surface area contributed by atoms with Gasteiger partial charge in [-0.25, -0.2) is 13.1 Å². The van der Waals surface area contributed by atoms with Gasteiger partial charge in [-0.3, -0.25) is 5.10 Å². The molecule has 0 spiro atoms. The minimum absolute atomic E-state index is 0.0213. The van der Waals surface area contributed by atoms with E-state index in [0.717, 1.165) is 19.3 Å². The molecule has 2 N–H and O–H groups in total. The number of sulfonamides is 1. The van der Waals surface area contributed by atoms with Crippen LogP contribution < -0.4 is 4.72 Å². The monoisotopic (exact) mass is 285 g/mol. The predicted molar refractivity (Wildman–Crippen MR) is 74.1 cm³/mol. The highest BCUT2D eigenvalue weighted by Gasteiger charge is 2.39. The fraction of sp³-hybridized carbons (Fsp3) is 0.769. The summed E-state index contributed by atoms with van der Waals surface area (Å²) in [5, 5.41) is 6.34. The van der Waals surface area contributed by atoms with E-state index in [4.69, 9.17) is 0 Å². The van der Waals surface area contributed by atoms with E-state index < -0.39 is 10.0 Å². The van der Waals surface area contributed by atoms with Crippen molar-refractivity contribution < 1.29 is 8.42 Å². The molecule has 19 heavy (non-hydrogen) atoms. The normalized spacial score (nSPS) is 23.4. The van der Waals surface area contributed by atoms with Gasteiger partial charge in [-0.05, 0) is 36.2 Å². The highest BCUT2D eigenvalue weighted by atomic mass is 32.2. The second-order valence-electron chi connectivity index (χ2n) is 7.15. The van der Waals surface area contributed by atoms with Crippen molar-refractivity contribution in [1.82, 2.24) is 14.9 Å². The summed E-state index contributed by atoms with van der Waals surface area (Å²) < 4.78 is 27.2. The molecule has 0 unspecified atom stereocenters. The topological polar surface area (TPSA) is 74.8 Å². The van der Waals surface area contributed by atoms with Crippen LogP contribution >= 0.6 is 0 Å². The van der Waals surface area contributed by atoms with Crippen LogP contribution in [0.1, 0.15) is 47.0 Å². The summed E-state index contributed by atoms with van der Waals surface area (Å²) in [6.07, 6.45) is 4.29. The summed E-state index contributed by atoms with van der Waals surface area (Å²) in [6.45, 7) is 8.80. The first-order valence-corrected chi connectivity index (χ1v) is 8.10. The van der Waals surface area contributed by atoms with Gasteiger partial charge in [0.2, 0.25) is 0 Å². The molecular formula is C13H23N3O2S. The number of aromatic nitrogens is 2. The van der Waals surface area contributed by atoms with Crippen molar-refractivity contribution in [3.05, 3.63) is 12.3 Å². The molecule has 2 rings (SSSR count). The van der Waals surface area contributed by atoms with Crippen LogP contribution in [0.5, 0.6) is 0 Å². The molecule has 1 aliphatic rings. The molecule has 0 saturated heterocycles. The molecule has 1 aromatic rings. The number of nitrogens with one attached hydrogen (secondary N) is 2. The first-order chi connectivity index (χ1) is 8.60. The smallest absolute Gasteiger partial charge is 0.257 e. The maximum absolute atomic E-state index is 12.2. The summed E-state index contributed by atoms with van der Waals surface area (Å²) in [5.41, 5.74) is 0.311. The van der Waals surface area contributed by atoms with Gasteiger partial charge in [0, 0.05) is 6.04 Å². The minimum Gasteiger partial charge on any atom is -0.266 e. The van der Waals surface area contributed by atoms with E-state index in [-0.39, 0.29) is 21.9 Å². The molecule has 1 aliphatic carbocycles. The molecule has 6 heteroatoms. The third-order valence-corrected chi connectivity index (χ3v) is 5.09. The zero-order valence-electron chi connectivity index (χ0n) is 12.0. The molecule has 108 valence electrons. The summed E-state index contributed by atoms with van der Waals surface area (Å²) >= 11 is 0. The van der Waals surface area contributed by atoms with Crippen molar-refractivity contribution in [3.63, 3.8) is 0 Å². The van der Waals surface area contributed by atoms with Crippen LogP contribution in [0.15, 0.2) is 17.3 Å². The van der Waals surface area contributed by atoms with E-state index in [1.807, 2.05) is 0 Å². The molecule has 0 bridgehead atoms. The number of aromatic amines is 1. The standard InChI is InChI=1S/C13H23N3O2S/c1-12(2)7-10(8-13(3,4)9-12)16-19(17,18)11-5-6-14-15-11/h5-6,10,16H,7-9H2,1-4H3,(H,14,15). The maximum atomic E-state index is 12.2. The lowest BCUT2D eigenvalue weighted by Crippen LogP contribution is -2.46. The fourth-order valence-corrected chi connectivity index (χ4v) is 4.75. The van der Waals surface area contributed by atoms with Crippen molar-refractivity contribution in [2.45, 2.75) is 58.0 Å². The Morgan fingerprint density at radius 3 is 2.32 bits per heavy atom. The lowest BCUT2D eigenvalue weighted by molar-refractivity contribution is 0.0934. The summed E-state index contributed by atoms with van der Waals surface area (Å²) in [7, 11) is -3.48. The molecule has 5 nitrogen and oxygen atoms in total. The second kappa shape index (κ2) is 4.59. The molecule has 1 fully saturated rings. The van der Waals surface area contributed by atoms with Crippen molar-refractivity contribution in [2.24, 2.45) is 10.8 Å². The number of rotatable bonds is 3. The average molecular weight is 285 g/mol. The molecular weight excluding hydrogens is 262 g/mol. The Hall–Kier alpha value is -0.880. The largest absolute Gasteiger partial charge is 0.266 e. The van der Waals surface area contributed by atoms with Crippen molar-refractivity contribution in [2.75, 3.05) is 0 Å². The van der Waals surface area contributed by atoms with E-state index in [1.54, 1.807) is 0 Å². The predicted octanol–water partition coefficient (Wildman–Crippen LogP) is 2.29. The van der Waals surface area contributed by atoms with Crippen molar-refractivity contribution in [1.29, 1.82) is 0 Å². The van der Waals surface area contributed by atoms with Gasteiger partial charge in [0.25, 0.3) is 10.0 Å². The lowest BCUT2D eigenvalue weighted by Gasteiger charge is -2.44. The second-order valence-corrected chi connectivity index (χ2v) is 8.83. The Morgan fingerprint density at radius 1 is 1.26 bits per heavy atom. The third kappa shape index (κ3) is 3.57. The Labute approximate surface area is 115 Å². The summed E-state index contributed by atoms with van der Waals surface area (Å²) in [4.78, 5) is 0. The van der Waals surface area contributed by atoms with Gasteiger partial charge in [0.05, 0.1) is 6.20 Å². The third-order valence-electron chi connectivity index (χ3n) is 3.64. The summed E-state index contributed by atoms with van der Waals surface area (Å²) in [6, 6.07) is 1.45. The fourth-order valence-electron chi connectivity index (χ4n) is 3.61. The SMILES string of the molecule is CC1(C)CC(NS(=O)(=O)c2ccn[nH]2)CC(C)(C)C1. The average Bonchev–Trinajstić information content (AvgIpc) is 2.62. The van der Waals surface area contributed by atoms with Crippen LogP contribution in [0.25, 0.3) is 0 Å². The molecule has 0 aromatic carbocycles. The van der Waals surface area contributed by atoms with E-state index in [1.165, 1.54) is 12.3 Å². The Morgan fingerprint density at radius 2 is 1.84 bits per heavy atom. The molecule has 1 aromatic heterocycles. The Balaban J connectivity index is 2.15. The molecule has 0 radical (unpaired) electrons. The molecule has 0 aliphatic heterocycles. The van der Waals surface area contributed by atoms with Gasteiger partial charge in [-0.15, -0.1) is 0 Å². The van der Waals surface area contributed by atoms with E-state index in [0.29, 0.717) is 0 Å². The first-order valence-electron chi connectivity index (χ1n) is 6.61. The van der Waals surface area contributed by atoms with Gasteiger partial charge in [0.15, 0.2) is 5.03 Å². The zero-order valence-corrected chi connectivity index (χ0v) is 12.8. The maximum Gasteiger partial charge on any atom is 0.257 e. The van der Waals surface area contributed by atoms with Crippen LogP contribution in [0, 0.1) is 10.8 Å². The van der Waals surface area contributed by atoms with Crippen LogP contribution in [0.3, 0.4) is 0 Å². The van der Waals surface area contributed by atoms with Gasteiger partial charge in [0.1, 0.15) is 0 Å². The minimum atomic E-state index is -3.48. The van der Waals surface area contributed by atoms with Gasteiger partial charge in [-0.2, -0.15) is 5.10 Å². The quantitative estimate of drug-likeness (QED) is 0.894. The zero-order chi connectivity index (χ0) is 14.3. The van der Waals surface area contributed by atoms with E-state index >= 15 is 0 Å². The van der Waals surface area contributed by atoms with Crippen molar-refractivity contribution in [3.8, 4) is 0 Å². The Kier molecular flexibility index (Phi) is 3.51. The number of hydrogen-bond donors (Lipinski definition) is 2. The number of H-pyrrole nitrogens is 1. The molecule has 1 heterocycles. The lowest BCUT2D eigenvalue weighted by atomic mass is 9.64. The molecule has 0 atom stereocenters. The number of hydrogen-bond acceptors (Lipinski definition) is 3. The van der Waals surface area contributed by atoms with Crippen molar-refractivity contribution >= 4 is 10.0 Å². The van der Waals surface area contributed by atoms with Crippen LogP contribution in [0.2, 0.25) is 0 Å². The highest BCUT2D eigenvalue weighted by Crippen LogP contribution is 2.45. The molecule has 1 saturated carbocycles. The van der Waals surface area contributed by atoms with Gasteiger partial charge >= 0.3 is 0 Å². The van der Waals surface area contributed by atoms with E-state index in [9.17, 15) is 8.42 Å². The van der Waals surface area contributed by atoms with E-state index in [2.05, 4.69) is 42.6 Å². The number of nitrogens with zero attached hydrogens (tertiary/aromatic N) is 1. The van der Waals surface area contributed by atoms with Crippen LogP contribution in [-0.2, 0) is 10.0 Å². The van der Waals surface area contributed by atoms with Crippen LogP contribution in [-0.4, -0.2) is 24.7 Å². The first kappa shape index (κ1) is 14.5. The highest BCUT2D eigenvalue weighted by molar-refractivity contribution is 7.89. The van der Waals surface area contributed by atoms with Gasteiger partial charge < -0.3 is 0 Å². The van der Waals surface area contributed by atoms with Crippen LogP contribution in [0.4, 0.5) is 0 Å². The van der Waals surface area contributed by atoms with Gasteiger partial charge in [-0.1, -0.05) is 27.7 Å². The Bertz CT molecular complexity index is 516. The molecule has 0 amide bonds. The summed E-state index contributed by atoms with van der Waals surface area (Å²) in [5.74, 6) is 0.